The van der Waals surface area contributed by atoms with E-state index in [1.807, 2.05) is 0 Å². The smallest absolute Gasteiger partial charge is 0.338 e. The van der Waals surface area contributed by atoms with Crippen LogP contribution in [-0.4, -0.2) is 11.1 Å². The van der Waals surface area contributed by atoms with Crippen LogP contribution in [0, 0.1) is 11.6 Å². The fourth-order valence-corrected chi connectivity index (χ4v) is 2.01. The molecule has 0 aliphatic carbocycles. The molecule has 5 heteroatoms. The molecule has 1 N–H and O–H groups in total. The number of benzene rings is 2. The van der Waals surface area contributed by atoms with E-state index in [1.54, 1.807) is 18.2 Å². The third-order valence-corrected chi connectivity index (χ3v) is 2.98. The van der Waals surface area contributed by atoms with E-state index in [0.717, 1.165) is 12.1 Å². The summed E-state index contributed by atoms with van der Waals surface area (Å²) in [5.74, 6) is -2.42. The Kier molecular flexibility index (Phi) is 2.75. The van der Waals surface area contributed by atoms with Crippen molar-refractivity contribution in [1.82, 2.24) is 0 Å². The fraction of sp³-hybridized carbons (Fsp3) is 0. The van der Waals surface area contributed by atoms with Crippen LogP contribution in [0.1, 0.15) is 10.4 Å². The Labute approximate surface area is 112 Å². The minimum Gasteiger partial charge on any atom is -0.478 e. The van der Waals surface area contributed by atoms with Gasteiger partial charge in [0.25, 0.3) is 0 Å². The molecule has 100 valence electrons. The van der Waals surface area contributed by atoms with E-state index in [0.29, 0.717) is 10.9 Å². The number of aromatic carboxylic acids is 1. The fourth-order valence-electron chi connectivity index (χ4n) is 2.01. The minimum absolute atomic E-state index is 0.0868. The molecule has 0 amide bonds. The Balaban J connectivity index is 2.18. The van der Waals surface area contributed by atoms with Gasteiger partial charge in [0, 0.05) is 10.9 Å². The van der Waals surface area contributed by atoms with Crippen molar-refractivity contribution in [2.45, 2.75) is 0 Å². The van der Waals surface area contributed by atoms with Gasteiger partial charge in [0.2, 0.25) is 0 Å². The summed E-state index contributed by atoms with van der Waals surface area (Å²) in [4.78, 5) is 10.9. The lowest BCUT2D eigenvalue weighted by atomic mass is 10.1. The number of fused-ring (bicyclic) bond motifs is 1. The first-order chi connectivity index (χ1) is 9.56. The Morgan fingerprint density at radius 1 is 1.05 bits per heavy atom. The average molecular weight is 274 g/mol. The van der Waals surface area contributed by atoms with Crippen molar-refractivity contribution < 1.29 is 23.1 Å². The van der Waals surface area contributed by atoms with Gasteiger partial charge in [-0.2, -0.15) is 0 Å². The van der Waals surface area contributed by atoms with Gasteiger partial charge in [0.05, 0.1) is 5.56 Å². The molecule has 0 unspecified atom stereocenters. The molecule has 2 aromatic carbocycles. The third kappa shape index (κ3) is 1.93. The van der Waals surface area contributed by atoms with Crippen LogP contribution in [0.4, 0.5) is 8.78 Å². The number of halogens is 2. The molecule has 0 bridgehead atoms. The molecule has 0 radical (unpaired) electrons. The first kappa shape index (κ1) is 12.3. The first-order valence-electron chi connectivity index (χ1n) is 5.77. The highest BCUT2D eigenvalue weighted by atomic mass is 19.1. The number of para-hydroxylation sites is 1. The topological polar surface area (TPSA) is 50.4 Å². The highest BCUT2D eigenvalue weighted by Crippen LogP contribution is 2.30. The highest BCUT2D eigenvalue weighted by Gasteiger charge is 2.14. The molecule has 0 atom stereocenters. The molecular weight excluding hydrogens is 266 g/mol. The lowest BCUT2D eigenvalue weighted by Gasteiger charge is -2.00. The molecule has 0 aliphatic rings. The SMILES string of the molecule is O=C(O)c1cc(-c2cc3cccc(F)c3o2)ccc1F. The largest absolute Gasteiger partial charge is 0.478 e. The molecule has 3 nitrogen and oxygen atoms in total. The number of hydrogen-bond donors (Lipinski definition) is 1. The molecule has 3 aromatic rings. The zero-order chi connectivity index (χ0) is 14.3. The number of carboxylic acids is 1. The Bertz CT molecular complexity index is 821. The maximum Gasteiger partial charge on any atom is 0.338 e. The summed E-state index contributed by atoms with van der Waals surface area (Å²) < 4.78 is 32.2. The number of rotatable bonds is 2. The number of furan rings is 1. The summed E-state index contributed by atoms with van der Waals surface area (Å²) in [7, 11) is 0. The van der Waals surface area contributed by atoms with Gasteiger partial charge in [-0.25, -0.2) is 13.6 Å². The van der Waals surface area contributed by atoms with Crippen molar-refractivity contribution >= 4 is 16.9 Å². The van der Waals surface area contributed by atoms with Crippen LogP contribution < -0.4 is 0 Å². The van der Waals surface area contributed by atoms with Crippen molar-refractivity contribution in [3.05, 3.63) is 59.7 Å². The molecule has 1 aromatic heterocycles. The molecule has 3 rings (SSSR count). The molecule has 0 fully saturated rings. The van der Waals surface area contributed by atoms with Crippen LogP contribution >= 0.6 is 0 Å². The van der Waals surface area contributed by atoms with Crippen LogP contribution in [-0.2, 0) is 0 Å². The van der Waals surface area contributed by atoms with Crippen molar-refractivity contribution in [1.29, 1.82) is 0 Å². The summed E-state index contributed by atoms with van der Waals surface area (Å²) in [6.45, 7) is 0. The van der Waals surface area contributed by atoms with Crippen molar-refractivity contribution in [2.24, 2.45) is 0 Å². The molecule has 0 saturated heterocycles. The summed E-state index contributed by atoms with van der Waals surface area (Å²) in [5, 5.41) is 9.45. The van der Waals surface area contributed by atoms with Crippen molar-refractivity contribution in [3.63, 3.8) is 0 Å². The molecule has 0 saturated carbocycles. The Morgan fingerprint density at radius 2 is 1.85 bits per heavy atom. The first-order valence-corrected chi connectivity index (χ1v) is 5.77. The normalized spacial score (nSPS) is 10.9. The average Bonchev–Trinajstić information content (AvgIpc) is 2.84. The predicted molar refractivity (Wildman–Crippen MR) is 68.5 cm³/mol. The van der Waals surface area contributed by atoms with Crippen LogP contribution in [0.15, 0.2) is 46.9 Å². The van der Waals surface area contributed by atoms with E-state index in [4.69, 9.17) is 9.52 Å². The summed E-state index contributed by atoms with van der Waals surface area (Å²) >= 11 is 0. The molecule has 1 heterocycles. The van der Waals surface area contributed by atoms with E-state index in [1.165, 1.54) is 12.1 Å². The van der Waals surface area contributed by atoms with Gasteiger partial charge in [0.1, 0.15) is 11.6 Å². The van der Waals surface area contributed by atoms with Crippen LogP contribution in [0.25, 0.3) is 22.3 Å². The van der Waals surface area contributed by atoms with E-state index >= 15 is 0 Å². The Morgan fingerprint density at radius 3 is 2.55 bits per heavy atom. The van der Waals surface area contributed by atoms with E-state index in [2.05, 4.69) is 0 Å². The predicted octanol–water partition coefficient (Wildman–Crippen LogP) is 4.08. The van der Waals surface area contributed by atoms with E-state index < -0.39 is 23.2 Å². The number of carbonyl (C=O) groups is 1. The lowest BCUT2D eigenvalue weighted by molar-refractivity contribution is 0.0692. The summed E-state index contributed by atoms with van der Waals surface area (Å²) in [5.41, 5.74) is 0.00604. The quantitative estimate of drug-likeness (QED) is 0.766. The van der Waals surface area contributed by atoms with E-state index in [9.17, 15) is 13.6 Å². The third-order valence-electron chi connectivity index (χ3n) is 2.98. The standard InChI is InChI=1S/C15H8F2O3/c16-11-5-4-8(6-10(11)15(18)19)13-7-9-2-1-3-12(17)14(9)20-13/h1-7H,(H,18,19). The van der Waals surface area contributed by atoms with Gasteiger partial charge in [-0.3, -0.25) is 0 Å². The van der Waals surface area contributed by atoms with Gasteiger partial charge in [-0.05, 0) is 30.3 Å². The second-order valence-electron chi connectivity index (χ2n) is 4.27. The second kappa shape index (κ2) is 4.45. The van der Waals surface area contributed by atoms with Crippen molar-refractivity contribution in [3.8, 4) is 11.3 Å². The number of hydrogen-bond acceptors (Lipinski definition) is 2. The van der Waals surface area contributed by atoms with Crippen LogP contribution in [0.5, 0.6) is 0 Å². The maximum absolute atomic E-state index is 13.5. The monoisotopic (exact) mass is 274 g/mol. The molecular formula is C15H8F2O3. The van der Waals surface area contributed by atoms with Crippen LogP contribution in [0.2, 0.25) is 0 Å². The maximum atomic E-state index is 13.5. The zero-order valence-electron chi connectivity index (χ0n) is 10.1. The van der Waals surface area contributed by atoms with Gasteiger partial charge < -0.3 is 9.52 Å². The van der Waals surface area contributed by atoms with E-state index in [-0.39, 0.29) is 11.3 Å². The van der Waals surface area contributed by atoms with Crippen LogP contribution in [0.3, 0.4) is 0 Å². The molecule has 20 heavy (non-hydrogen) atoms. The van der Waals surface area contributed by atoms with Crippen molar-refractivity contribution in [2.75, 3.05) is 0 Å². The summed E-state index contributed by atoms with van der Waals surface area (Å²) in [6, 6.07) is 9.66. The Hall–Kier alpha value is -2.69. The van der Waals surface area contributed by atoms with Gasteiger partial charge in [-0.15, -0.1) is 0 Å². The highest BCUT2D eigenvalue weighted by molar-refractivity contribution is 5.90. The van der Waals surface area contributed by atoms with Gasteiger partial charge >= 0.3 is 5.97 Å². The second-order valence-corrected chi connectivity index (χ2v) is 4.27. The molecule has 0 spiro atoms. The molecule has 0 aliphatic heterocycles. The summed E-state index contributed by atoms with van der Waals surface area (Å²) in [6.07, 6.45) is 0. The van der Waals surface area contributed by atoms with Gasteiger partial charge in [-0.1, -0.05) is 12.1 Å². The minimum atomic E-state index is -1.37. The lowest BCUT2D eigenvalue weighted by Crippen LogP contribution is -2.00. The van der Waals surface area contributed by atoms with Gasteiger partial charge in [0.15, 0.2) is 11.4 Å². The number of carboxylic acid groups (broad SMARTS) is 1. The zero-order valence-corrected chi connectivity index (χ0v) is 10.1.